The first-order valence-corrected chi connectivity index (χ1v) is 16.6. The van der Waals surface area contributed by atoms with E-state index in [4.69, 9.17) is 9.47 Å². The first-order chi connectivity index (χ1) is 21.5. The van der Waals surface area contributed by atoms with Crippen LogP contribution in [-0.2, 0) is 23.9 Å². The maximum atomic E-state index is 13.6. The van der Waals surface area contributed by atoms with Gasteiger partial charge in [-0.05, 0) is 77.3 Å². The summed E-state index contributed by atoms with van der Waals surface area (Å²) in [7, 11) is 0. The first kappa shape index (κ1) is 33.0. The molecule has 3 fully saturated rings. The molecule has 4 aliphatic rings. The molecule has 1 aromatic rings. The lowest BCUT2D eigenvalue weighted by atomic mass is 9.92. The van der Waals surface area contributed by atoms with Crippen LogP contribution in [0.25, 0.3) is 0 Å². The van der Waals surface area contributed by atoms with Gasteiger partial charge in [-0.2, -0.15) is 0 Å². The molecule has 1 N–H and O–H groups in total. The van der Waals surface area contributed by atoms with E-state index in [9.17, 15) is 19.2 Å². The molecule has 3 saturated heterocycles. The summed E-state index contributed by atoms with van der Waals surface area (Å²) in [5, 5.41) is 2.39. The number of piperidine rings is 3. The van der Waals surface area contributed by atoms with Gasteiger partial charge in [-0.15, -0.1) is 0 Å². The van der Waals surface area contributed by atoms with Gasteiger partial charge in [0.15, 0.2) is 0 Å². The number of hydrogen-bond acceptors (Lipinski definition) is 7. The average molecular weight is 621 g/mol. The number of fused-ring (bicyclic) bond motifs is 1. The second-order valence-electron chi connectivity index (χ2n) is 13.8. The third-order valence-corrected chi connectivity index (χ3v) is 9.26. The Balaban J connectivity index is 1.11. The van der Waals surface area contributed by atoms with E-state index >= 15 is 0 Å². The molecule has 0 aromatic heterocycles. The summed E-state index contributed by atoms with van der Waals surface area (Å²) in [5.74, 6) is 5.89. The van der Waals surface area contributed by atoms with E-state index < -0.39 is 17.6 Å². The van der Waals surface area contributed by atoms with Gasteiger partial charge in [-0.1, -0.05) is 31.3 Å². The van der Waals surface area contributed by atoms with E-state index in [1.54, 1.807) is 4.90 Å². The Morgan fingerprint density at radius 3 is 2.42 bits per heavy atom. The summed E-state index contributed by atoms with van der Waals surface area (Å²) < 4.78 is 11.7. The van der Waals surface area contributed by atoms with Gasteiger partial charge in [0.25, 0.3) is 0 Å². The maximum absolute atomic E-state index is 13.6. The van der Waals surface area contributed by atoms with Crippen LogP contribution in [0, 0.1) is 17.8 Å². The number of nitrogens with one attached hydrogen (secondary N) is 1. The van der Waals surface area contributed by atoms with E-state index in [0.717, 1.165) is 81.6 Å². The van der Waals surface area contributed by atoms with Crippen molar-refractivity contribution in [3.63, 3.8) is 0 Å². The summed E-state index contributed by atoms with van der Waals surface area (Å²) in [4.78, 5) is 56.3. The van der Waals surface area contributed by atoms with Crippen molar-refractivity contribution in [3.05, 3.63) is 29.3 Å². The topological polar surface area (TPSA) is 108 Å². The van der Waals surface area contributed by atoms with Crippen LogP contribution in [0.3, 0.4) is 0 Å². The highest BCUT2D eigenvalue weighted by molar-refractivity contribution is 6.12. The zero-order chi connectivity index (χ0) is 32.1. The monoisotopic (exact) mass is 620 g/mol. The second-order valence-corrected chi connectivity index (χ2v) is 13.8. The zero-order valence-corrected chi connectivity index (χ0v) is 27.2. The van der Waals surface area contributed by atoms with Crippen LogP contribution in [0.5, 0.6) is 0 Å². The van der Waals surface area contributed by atoms with Gasteiger partial charge in [0, 0.05) is 56.0 Å². The lowest BCUT2D eigenvalue weighted by Crippen LogP contribution is -2.53. The molecule has 5 rings (SSSR count). The van der Waals surface area contributed by atoms with E-state index in [-0.39, 0.29) is 36.4 Å². The van der Waals surface area contributed by atoms with Crippen LogP contribution in [0.2, 0.25) is 0 Å². The van der Waals surface area contributed by atoms with Crippen molar-refractivity contribution < 1.29 is 28.7 Å². The van der Waals surface area contributed by atoms with Crippen molar-refractivity contribution in [1.82, 2.24) is 15.1 Å². The number of anilines is 1. The van der Waals surface area contributed by atoms with Crippen LogP contribution in [0.4, 0.5) is 10.5 Å². The van der Waals surface area contributed by atoms with Crippen LogP contribution >= 0.6 is 0 Å². The summed E-state index contributed by atoms with van der Waals surface area (Å²) >= 11 is 0. The molecule has 0 bridgehead atoms. The molecule has 0 radical (unpaired) electrons. The lowest BCUT2D eigenvalue weighted by Gasteiger charge is -2.37. The van der Waals surface area contributed by atoms with Gasteiger partial charge in [0.1, 0.15) is 18.2 Å². The molecule has 0 saturated carbocycles. The molecule has 2 unspecified atom stereocenters. The van der Waals surface area contributed by atoms with E-state index in [1.165, 1.54) is 0 Å². The minimum absolute atomic E-state index is 0.0906. The van der Waals surface area contributed by atoms with Gasteiger partial charge < -0.3 is 19.3 Å². The van der Waals surface area contributed by atoms with E-state index in [0.29, 0.717) is 25.4 Å². The smallest absolute Gasteiger partial charge is 0.410 e. The highest BCUT2D eigenvalue weighted by Gasteiger charge is 2.45. The standard InChI is InChI=1S/C35H48N4O6/c1-5-8-27-31-25(9-6-11-28(31)39(33(27)42)29-12-13-30(40)36-32(29)41)10-7-22-44-26-16-18-37(19-17-26)23-24-14-20-38(21-15-24)34(43)45-35(2,3)4/h6,9,11,24,26-27,29H,5,8,12-23H2,1-4H3,(H,36,40,41). The second kappa shape index (κ2) is 14.3. The quantitative estimate of drug-likeness (QED) is 0.360. The predicted octanol–water partition coefficient (Wildman–Crippen LogP) is 4.20. The maximum Gasteiger partial charge on any atom is 0.410 e. The zero-order valence-electron chi connectivity index (χ0n) is 27.2. The molecule has 2 atom stereocenters. The number of ether oxygens (including phenoxy) is 2. The number of amides is 4. The van der Waals surface area contributed by atoms with Crippen LogP contribution in [0.1, 0.15) is 96.1 Å². The number of carbonyl (C=O) groups excluding carboxylic acids is 4. The Kier molecular flexibility index (Phi) is 10.5. The van der Waals surface area contributed by atoms with Gasteiger partial charge in [-0.25, -0.2) is 4.79 Å². The van der Waals surface area contributed by atoms with Crippen molar-refractivity contribution in [2.24, 2.45) is 5.92 Å². The van der Waals surface area contributed by atoms with Gasteiger partial charge >= 0.3 is 6.09 Å². The molecule has 0 spiro atoms. The summed E-state index contributed by atoms with van der Waals surface area (Å²) in [6, 6.07) is 5.01. The number of nitrogens with zero attached hydrogens (tertiary/aromatic N) is 3. The minimum atomic E-state index is -0.682. The molecule has 244 valence electrons. The SMILES string of the molecule is CCCC1C(=O)N(C2CCC(=O)NC2=O)c2cccc(C#CCOC3CCN(CC4CCN(C(=O)OC(C)(C)C)CC4)CC3)c21. The van der Waals surface area contributed by atoms with Crippen molar-refractivity contribution in [2.45, 2.75) is 103 Å². The van der Waals surface area contributed by atoms with Crippen molar-refractivity contribution in [1.29, 1.82) is 0 Å². The lowest BCUT2D eigenvalue weighted by molar-refractivity contribution is -0.135. The highest BCUT2D eigenvalue weighted by atomic mass is 16.6. The molecular formula is C35H48N4O6. The van der Waals surface area contributed by atoms with Gasteiger partial charge in [-0.3, -0.25) is 24.6 Å². The number of imide groups is 1. The van der Waals surface area contributed by atoms with Crippen molar-refractivity contribution in [3.8, 4) is 11.8 Å². The summed E-state index contributed by atoms with van der Waals surface area (Å²) in [5.41, 5.74) is 1.94. The fourth-order valence-corrected chi connectivity index (χ4v) is 6.99. The molecule has 4 aliphatic heterocycles. The predicted molar refractivity (Wildman–Crippen MR) is 171 cm³/mol. The summed E-state index contributed by atoms with van der Waals surface area (Å²) in [6.07, 6.45) is 5.95. The molecule has 45 heavy (non-hydrogen) atoms. The molecule has 10 heteroatoms. The first-order valence-electron chi connectivity index (χ1n) is 16.6. The number of benzene rings is 1. The Labute approximate surface area is 267 Å². The number of rotatable bonds is 7. The van der Waals surface area contributed by atoms with Gasteiger partial charge in [0.05, 0.1) is 12.0 Å². The molecule has 4 amide bonds. The molecular weight excluding hydrogens is 572 g/mol. The fraction of sp³-hybridized carbons (Fsp3) is 0.657. The summed E-state index contributed by atoms with van der Waals surface area (Å²) in [6.45, 7) is 12.6. The number of carbonyl (C=O) groups is 4. The van der Waals surface area contributed by atoms with Crippen molar-refractivity contribution in [2.75, 3.05) is 44.2 Å². The van der Waals surface area contributed by atoms with E-state index in [1.807, 2.05) is 50.8 Å². The minimum Gasteiger partial charge on any atom is -0.444 e. The Bertz CT molecular complexity index is 1330. The molecule has 4 heterocycles. The third-order valence-electron chi connectivity index (χ3n) is 9.26. The normalized spacial score (nSPS) is 23.4. The Morgan fingerprint density at radius 2 is 1.76 bits per heavy atom. The third kappa shape index (κ3) is 8.06. The van der Waals surface area contributed by atoms with Gasteiger partial charge in [0.2, 0.25) is 17.7 Å². The molecule has 1 aromatic carbocycles. The number of likely N-dealkylation sites (tertiary alicyclic amines) is 2. The van der Waals surface area contributed by atoms with E-state index in [2.05, 4.69) is 22.1 Å². The van der Waals surface area contributed by atoms with Crippen LogP contribution in [0.15, 0.2) is 18.2 Å². The largest absolute Gasteiger partial charge is 0.444 e. The highest BCUT2D eigenvalue weighted by Crippen LogP contribution is 2.43. The Hall–Kier alpha value is -3.42. The molecule has 0 aliphatic carbocycles. The fourth-order valence-electron chi connectivity index (χ4n) is 6.99. The van der Waals surface area contributed by atoms with Crippen LogP contribution < -0.4 is 10.2 Å². The van der Waals surface area contributed by atoms with Crippen molar-refractivity contribution >= 4 is 29.5 Å². The Morgan fingerprint density at radius 1 is 1.02 bits per heavy atom. The average Bonchev–Trinajstić information content (AvgIpc) is 3.27. The molecule has 10 nitrogen and oxygen atoms in total. The van der Waals surface area contributed by atoms with Crippen LogP contribution in [-0.4, -0.2) is 90.7 Å². The number of hydrogen-bond donors (Lipinski definition) is 1.